The fourth-order valence-electron chi connectivity index (χ4n) is 2.46. The van der Waals surface area contributed by atoms with E-state index in [2.05, 4.69) is 4.90 Å². The third kappa shape index (κ3) is 4.86. The highest BCUT2D eigenvalue weighted by Crippen LogP contribution is 2.13. The molecule has 0 saturated carbocycles. The van der Waals surface area contributed by atoms with E-state index in [4.69, 9.17) is 20.1 Å². The Morgan fingerprint density at radius 3 is 3.10 bits per heavy atom. The zero-order valence-electron chi connectivity index (χ0n) is 12.1. The SMILES string of the molecule is CN(CC(N)=O)CC1CN(Cc2ccc(C#N)o2)CCO1. The molecule has 1 aromatic rings. The molecule has 1 aliphatic rings. The standard InChI is InChI=1S/C14H20N4O3/c1-17(10-14(16)19)7-13-9-18(4-5-20-13)8-12-3-2-11(6-15)21-12/h2-3,13H,4-5,7-10H2,1H3,(H2,16,19). The van der Waals surface area contributed by atoms with E-state index in [1.807, 2.05) is 24.1 Å². The lowest BCUT2D eigenvalue weighted by molar-refractivity contribution is -0.119. The van der Waals surface area contributed by atoms with Gasteiger partial charge in [0.1, 0.15) is 11.8 Å². The highest BCUT2D eigenvalue weighted by atomic mass is 16.5. The Kier molecular flexibility index (Phi) is 5.33. The number of carbonyl (C=O) groups excluding carboxylic acids is 1. The van der Waals surface area contributed by atoms with Crippen LogP contribution in [0.5, 0.6) is 0 Å². The summed E-state index contributed by atoms with van der Waals surface area (Å²) >= 11 is 0. The molecule has 1 fully saturated rings. The predicted molar refractivity (Wildman–Crippen MR) is 75.1 cm³/mol. The monoisotopic (exact) mass is 292 g/mol. The van der Waals surface area contributed by atoms with E-state index in [1.54, 1.807) is 6.07 Å². The predicted octanol–water partition coefficient (Wildman–Crippen LogP) is -0.231. The quantitative estimate of drug-likeness (QED) is 0.778. The first-order valence-corrected chi connectivity index (χ1v) is 6.86. The topological polar surface area (TPSA) is 95.7 Å². The minimum Gasteiger partial charge on any atom is -0.449 e. The Morgan fingerprint density at radius 1 is 1.62 bits per heavy atom. The molecule has 1 aromatic heterocycles. The summed E-state index contributed by atoms with van der Waals surface area (Å²) in [5.41, 5.74) is 5.17. The van der Waals surface area contributed by atoms with Crippen LogP contribution in [-0.4, -0.2) is 61.6 Å². The molecule has 0 bridgehead atoms. The highest BCUT2D eigenvalue weighted by Gasteiger charge is 2.22. The molecule has 1 unspecified atom stereocenters. The Balaban J connectivity index is 1.83. The van der Waals surface area contributed by atoms with Gasteiger partial charge in [-0.2, -0.15) is 5.26 Å². The number of carbonyl (C=O) groups is 1. The summed E-state index contributed by atoms with van der Waals surface area (Å²) < 4.78 is 11.1. The summed E-state index contributed by atoms with van der Waals surface area (Å²) in [5.74, 6) is 0.762. The zero-order valence-corrected chi connectivity index (χ0v) is 12.1. The van der Waals surface area contributed by atoms with Crippen molar-refractivity contribution in [1.29, 1.82) is 5.26 Å². The summed E-state index contributed by atoms with van der Waals surface area (Å²) in [7, 11) is 1.85. The summed E-state index contributed by atoms with van der Waals surface area (Å²) in [5, 5.41) is 8.75. The van der Waals surface area contributed by atoms with Gasteiger partial charge in [-0.25, -0.2) is 0 Å². The van der Waals surface area contributed by atoms with Crippen molar-refractivity contribution in [3.63, 3.8) is 0 Å². The van der Waals surface area contributed by atoms with Gasteiger partial charge in [0.05, 0.1) is 25.8 Å². The van der Waals surface area contributed by atoms with Crippen LogP contribution in [0.3, 0.4) is 0 Å². The van der Waals surface area contributed by atoms with Gasteiger partial charge in [-0.05, 0) is 19.2 Å². The number of nitrogens with zero attached hydrogens (tertiary/aromatic N) is 3. The van der Waals surface area contributed by atoms with E-state index in [-0.39, 0.29) is 18.6 Å². The highest BCUT2D eigenvalue weighted by molar-refractivity contribution is 5.75. The molecular formula is C14H20N4O3. The van der Waals surface area contributed by atoms with E-state index in [0.29, 0.717) is 25.5 Å². The van der Waals surface area contributed by atoms with E-state index in [0.717, 1.165) is 18.8 Å². The van der Waals surface area contributed by atoms with Gasteiger partial charge in [0.2, 0.25) is 11.7 Å². The van der Waals surface area contributed by atoms with E-state index < -0.39 is 0 Å². The van der Waals surface area contributed by atoms with Gasteiger partial charge in [0.15, 0.2) is 0 Å². The number of hydrogen-bond acceptors (Lipinski definition) is 6. The molecule has 1 saturated heterocycles. The number of furan rings is 1. The minimum absolute atomic E-state index is 0.0356. The third-order valence-electron chi connectivity index (χ3n) is 3.32. The van der Waals surface area contributed by atoms with Gasteiger partial charge in [0.25, 0.3) is 0 Å². The fraction of sp³-hybridized carbons (Fsp3) is 0.571. The number of primary amides is 1. The average molecular weight is 292 g/mol. The van der Waals surface area contributed by atoms with Crippen molar-refractivity contribution >= 4 is 5.91 Å². The van der Waals surface area contributed by atoms with Crippen molar-refractivity contribution in [2.75, 3.05) is 39.8 Å². The molecule has 2 N–H and O–H groups in total. The maximum Gasteiger partial charge on any atom is 0.231 e. The molecular weight excluding hydrogens is 272 g/mol. The molecule has 7 heteroatoms. The summed E-state index contributed by atoms with van der Waals surface area (Å²) in [6.45, 7) is 3.75. The van der Waals surface area contributed by atoms with Crippen LogP contribution in [0, 0.1) is 11.3 Å². The molecule has 1 aliphatic heterocycles. The van der Waals surface area contributed by atoms with Gasteiger partial charge < -0.3 is 14.9 Å². The van der Waals surface area contributed by atoms with Crippen LogP contribution in [0.25, 0.3) is 0 Å². The molecule has 1 amide bonds. The smallest absolute Gasteiger partial charge is 0.231 e. The Hall–Kier alpha value is -1.88. The van der Waals surface area contributed by atoms with Crippen LogP contribution in [-0.2, 0) is 16.1 Å². The normalized spacial score (nSPS) is 19.6. The maximum absolute atomic E-state index is 10.9. The lowest BCUT2D eigenvalue weighted by atomic mass is 10.2. The second-order valence-electron chi connectivity index (χ2n) is 5.27. The number of rotatable bonds is 6. The number of nitrogens with two attached hydrogens (primary N) is 1. The number of nitriles is 1. The maximum atomic E-state index is 10.9. The van der Waals surface area contributed by atoms with Gasteiger partial charge in [-0.3, -0.25) is 14.6 Å². The molecule has 2 rings (SSSR count). The molecule has 0 spiro atoms. The molecule has 0 aliphatic carbocycles. The largest absolute Gasteiger partial charge is 0.449 e. The molecule has 0 radical (unpaired) electrons. The van der Waals surface area contributed by atoms with Gasteiger partial charge in [0, 0.05) is 19.6 Å². The molecule has 21 heavy (non-hydrogen) atoms. The van der Waals surface area contributed by atoms with Crippen molar-refractivity contribution < 1.29 is 13.9 Å². The molecule has 2 heterocycles. The average Bonchev–Trinajstić information content (AvgIpc) is 2.85. The van der Waals surface area contributed by atoms with Crippen molar-refractivity contribution in [3.05, 3.63) is 23.7 Å². The molecule has 114 valence electrons. The van der Waals surface area contributed by atoms with E-state index >= 15 is 0 Å². The Bertz CT molecular complexity index is 523. The Labute approximate surface area is 123 Å². The first kappa shape index (κ1) is 15.5. The zero-order chi connectivity index (χ0) is 15.2. The molecule has 0 aromatic carbocycles. The molecule has 7 nitrogen and oxygen atoms in total. The van der Waals surface area contributed by atoms with Gasteiger partial charge in [-0.1, -0.05) is 0 Å². The van der Waals surface area contributed by atoms with Crippen molar-refractivity contribution in [2.24, 2.45) is 5.73 Å². The lowest BCUT2D eigenvalue weighted by Crippen LogP contribution is -2.47. The van der Waals surface area contributed by atoms with E-state index in [1.165, 1.54) is 0 Å². The van der Waals surface area contributed by atoms with Gasteiger partial charge in [-0.15, -0.1) is 0 Å². The van der Waals surface area contributed by atoms with Crippen LogP contribution in [0.4, 0.5) is 0 Å². The second-order valence-corrected chi connectivity index (χ2v) is 5.27. The van der Waals surface area contributed by atoms with Crippen molar-refractivity contribution in [2.45, 2.75) is 12.6 Å². The summed E-state index contributed by atoms with van der Waals surface area (Å²) in [6.07, 6.45) is 0.0356. The summed E-state index contributed by atoms with van der Waals surface area (Å²) in [4.78, 5) is 15.0. The lowest BCUT2D eigenvalue weighted by Gasteiger charge is -2.34. The second kappa shape index (κ2) is 7.22. The Morgan fingerprint density at radius 2 is 2.43 bits per heavy atom. The summed E-state index contributed by atoms with van der Waals surface area (Å²) in [6, 6.07) is 5.47. The van der Waals surface area contributed by atoms with Crippen LogP contribution in [0.15, 0.2) is 16.5 Å². The minimum atomic E-state index is -0.343. The van der Waals surface area contributed by atoms with E-state index in [9.17, 15) is 4.79 Å². The first-order valence-electron chi connectivity index (χ1n) is 6.86. The van der Waals surface area contributed by atoms with Crippen LogP contribution >= 0.6 is 0 Å². The first-order chi connectivity index (χ1) is 10.1. The number of amides is 1. The number of likely N-dealkylation sites (N-methyl/N-ethyl adjacent to an activating group) is 1. The third-order valence-corrected chi connectivity index (χ3v) is 3.32. The van der Waals surface area contributed by atoms with Crippen LogP contribution in [0.1, 0.15) is 11.5 Å². The van der Waals surface area contributed by atoms with Crippen molar-refractivity contribution in [3.8, 4) is 6.07 Å². The fourth-order valence-corrected chi connectivity index (χ4v) is 2.46. The number of ether oxygens (including phenoxy) is 1. The van der Waals surface area contributed by atoms with Crippen molar-refractivity contribution in [1.82, 2.24) is 9.80 Å². The molecule has 1 atom stereocenters. The van der Waals surface area contributed by atoms with Crippen LogP contribution < -0.4 is 5.73 Å². The number of hydrogen-bond donors (Lipinski definition) is 1. The van der Waals surface area contributed by atoms with Gasteiger partial charge >= 0.3 is 0 Å². The van der Waals surface area contributed by atoms with Crippen LogP contribution in [0.2, 0.25) is 0 Å². The number of morpholine rings is 1.